The lowest BCUT2D eigenvalue weighted by atomic mass is 10.0. The van der Waals surface area contributed by atoms with Crippen LogP contribution in [0.4, 0.5) is 0 Å². The molecule has 446 valence electrons. The molecule has 6 heteroatoms. The molecule has 77 heavy (non-hydrogen) atoms. The highest BCUT2D eigenvalue weighted by atomic mass is 16.6. The summed E-state index contributed by atoms with van der Waals surface area (Å²) in [5, 5.41) is 0. The van der Waals surface area contributed by atoms with Gasteiger partial charge in [-0.15, -0.1) is 0 Å². The maximum Gasteiger partial charge on any atom is 0.306 e. The molecule has 1 atom stereocenters. The Hall–Kier alpha value is -3.15. The van der Waals surface area contributed by atoms with Crippen LogP contribution in [0.5, 0.6) is 0 Å². The number of hydrogen-bond donors (Lipinski definition) is 0. The molecule has 0 fully saturated rings. The highest BCUT2D eigenvalue weighted by Gasteiger charge is 2.19. The summed E-state index contributed by atoms with van der Waals surface area (Å²) in [4.78, 5) is 38.0. The third kappa shape index (κ3) is 63.6. The van der Waals surface area contributed by atoms with Crippen molar-refractivity contribution in [2.45, 2.75) is 348 Å². The van der Waals surface area contributed by atoms with Crippen molar-refractivity contribution < 1.29 is 28.6 Å². The Balaban J connectivity index is 4.01. The second-order valence-corrected chi connectivity index (χ2v) is 22.4. The highest BCUT2D eigenvalue weighted by Crippen LogP contribution is 2.18. The van der Waals surface area contributed by atoms with E-state index in [0.717, 1.165) is 109 Å². The van der Waals surface area contributed by atoms with Gasteiger partial charge < -0.3 is 14.2 Å². The number of carbonyl (C=O) groups is 3. The van der Waals surface area contributed by atoms with Crippen LogP contribution in [0.25, 0.3) is 0 Å². The Morgan fingerprint density at radius 1 is 0.273 bits per heavy atom. The summed E-state index contributed by atoms with van der Waals surface area (Å²) in [5.41, 5.74) is 0. The normalized spacial score (nSPS) is 12.5. The van der Waals surface area contributed by atoms with Crippen LogP contribution in [-0.4, -0.2) is 37.2 Å². The molecule has 0 aliphatic carbocycles. The first-order valence-corrected chi connectivity index (χ1v) is 33.4. The van der Waals surface area contributed by atoms with Crippen LogP contribution >= 0.6 is 0 Å². The van der Waals surface area contributed by atoms with Crippen molar-refractivity contribution in [1.29, 1.82) is 0 Å². The van der Waals surface area contributed by atoms with Crippen molar-refractivity contribution in [3.63, 3.8) is 0 Å². The van der Waals surface area contributed by atoms with Crippen LogP contribution in [-0.2, 0) is 28.6 Å². The minimum atomic E-state index is -0.774. The average molecular weight is 1080 g/mol. The Labute approximate surface area is 478 Å². The summed E-state index contributed by atoms with van der Waals surface area (Å²) < 4.78 is 16.8. The van der Waals surface area contributed by atoms with Gasteiger partial charge in [0.05, 0.1) is 0 Å². The first kappa shape index (κ1) is 73.8. The summed E-state index contributed by atoms with van der Waals surface area (Å²) in [6, 6.07) is 0. The van der Waals surface area contributed by atoms with E-state index in [2.05, 4.69) is 93.7 Å². The van der Waals surface area contributed by atoms with Gasteiger partial charge in [-0.25, -0.2) is 0 Å². The van der Waals surface area contributed by atoms with Gasteiger partial charge >= 0.3 is 17.9 Å². The topological polar surface area (TPSA) is 78.9 Å². The molecule has 0 N–H and O–H groups in total. The Morgan fingerprint density at radius 3 is 0.792 bits per heavy atom. The third-order valence-corrected chi connectivity index (χ3v) is 14.7. The van der Waals surface area contributed by atoms with Crippen LogP contribution < -0.4 is 0 Å². The van der Waals surface area contributed by atoms with Crippen molar-refractivity contribution in [2.24, 2.45) is 0 Å². The molecule has 0 radical (unpaired) electrons. The van der Waals surface area contributed by atoms with E-state index in [0.29, 0.717) is 19.3 Å². The quantitative estimate of drug-likeness (QED) is 0.0261. The molecule has 0 aromatic heterocycles. The monoisotopic (exact) mass is 1070 g/mol. The van der Waals surface area contributed by atoms with Crippen LogP contribution in [0, 0.1) is 0 Å². The number of rotatable bonds is 61. The summed E-state index contributed by atoms with van der Waals surface area (Å²) in [7, 11) is 0. The van der Waals surface area contributed by atoms with Crippen LogP contribution in [0.3, 0.4) is 0 Å². The van der Waals surface area contributed by atoms with Gasteiger partial charge in [0.1, 0.15) is 13.2 Å². The molecule has 0 rings (SSSR count). The summed E-state index contributed by atoms with van der Waals surface area (Å²) in [5.74, 6) is -0.882. The van der Waals surface area contributed by atoms with Gasteiger partial charge in [-0.05, 0) is 70.6 Å². The van der Waals surface area contributed by atoms with Crippen molar-refractivity contribution in [1.82, 2.24) is 0 Å². The molecule has 0 saturated carbocycles. The van der Waals surface area contributed by atoms with E-state index < -0.39 is 6.10 Å². The molecule has 6 nitrogen and oxygen atoms in total. The molecular formula is C71H126O6. The van der Waals surface area contributed by atoms with Crippen molar-refractivity contribution in [3.8, 4) is 0 Å². The minimum Gasteiger partial charge on any atom is -0.462 e. The molecule has 0 aromatic carbocycles. The first-order valence-electron chi connectivity index (χ1n) is 33.4. The Kier molecular flexibility index (Phi) is 62.7. The van der Waals surface area contributed by atoms with Crippen LogP contribution in [0.2, 0.25) is 0 Å². The maximum absolute atomic E-state index is 12.8. The van der Waals surface area contributed by atoms with E-state index in [1.54, 1.807) is 0 Å². The zero-order chi connectivity index (χ0) is 55.7. The average Bonchev–Trinajstić information content (AvgIpc) is 3.43. The van der Waals surface area contributed by atoms with E-state index in [1.165, 1.54) is 193 Å². The summed E-state index contributed by atoms with van der Waals surface area (Å²) >= 11 is 0. The zero-order valence-corrected chi connectivity index (χ0v) is 51.2. The third-order valence-electron chi connectivity index (χ3n) is 14.7. The van der Waals surface area contributed by atoms with Gasteiger partial charge in [0, 0.05) is 19.3 Å². The van der Waals surface area contributed by atoms with Gasteiger partial charge in [0.15, 0.2) is 6.10 Å². The van der Waals surface area contributed by atoms with Crippen LogP contribution in [0.1, 0.15) is 342 Å². The fourth-order valence-electron chi connectivity index (χ4n) is 9.74. The zero-order valence-electron chi connectivity index (χ0n) is 51.2. The molecule has 0 aromatic rings. The fourth-order valence-corrected chi connectivity index (χ4v) is 9.74. The summed E-state index contributed by atoms with van der Waals surface area (Å²) in [6.45, 7) is 6.48. The highest BCUT2D eigenvalue weighted by molar-refractivity contribution is 5.71. The Morgan fingerprint density at radius 2 is 0.506 bits per heavy atom. The number of ether oxygens (including phenoxy) is 3. The second kappa shape index (κ2) is 65.4. The second-order valence-electron chi connectivity index (χ2n) is 22.4. The van der Waals surface area contributed by atoms with Crippen LogP contribution in [0.15, 0.2) is 72.9 Å². The van der Waals surface area contributed by atoms with Crippen molar-refractivity contribution >= 4 is 17.9 Å². The largest absolute Gasteiger partial charge is 0.462 e. The molecule has 0 spiro atoms. The molecular weight excluding hydrogens is 949 g/mol. The fraction of sp³-hybridized carbons (Fsp3) is 0.789. The minimum absolute atomic E-state index is 0.0757. The van der Waals surface area contributed by atoms with E-state index in [-0.39, 0.29) is 31.1 Å². The van der Waals surface area contributed by atoms with E-state index in [1.807, 2.05) is 0 Å². The molecule has 0 amide bonds. The molecule has 0 aliphatic heterocycles. The maximum atomic E-state index is 12.8. The lowest BCUT2D eigenvalue weighted by Gasteiger charge is -2.18. The molecule has 0 bridgehead atoms. The molecule has 1 unspecified atom stereocenters. The number of esters is 3. The molecule has 0 aliphatic rings. The van der Waals surface area contributed by atoms with Gasteiger partial charge in [-0.1, -0.05) is 325 Å². The number of hydrogen-bond acceptors (Lipinski definition) is 6. The smallest absolute Gasteiger partial charge is 0.306 e. The summed E-state index contributed by atoms with van der Waals surface area (Å²) in [6.07, 6.45) is 85.5. The standard InChI is InChI=1S/C71H126O6/c1-4-7-10-13-15-17-19-21-23-25-27-29-31-33-35-37-39-41-43-45-47-49-51-53-55-58-61-64-70(73)76-67-68(66-75-69(72)63-60-57-12-9-6-3)77-71(74)65-62-59-56-54-52-50-48-46-44-42-40-38-36-34-32-30-28-26-24-22-20-18-16-14-11-8-5-2/h7,10,15,17,21,23,27,29,33,35,39,41,68H,4-6,8-9,11-14,16,18-20,22,24-26,28,30-32,34,36-38,40,42-67H2,1-3H3/b10-7-,17-15-,23-21-,29-27-,35-33-,41-39-. The van der Waals surface area contributed by atoms with E-state index in [4.69, 9.17) is 14.2 Å². The molecule has 0 saturated heterocycles. The van der Waals surface area contributed by atoms with Gasteiger partial charge in [0.25, 0.3) is 0 Å². The number of allylic oxidation sites excluding steroid dienone is 12. The predicted octanol–water partition coefficient (Wildman–Crippen LogP) is 22.9. The lowest BCUT2D eigenvalue weighted by Crippen LogP contribution is -2.30. The van der Waals surface area contributed by atoms with Gasteiger partial charge in [0.2, 0.25) is 0 Å². The van der Waals surface area contributed by atoms with Crippen molar-refractivity contribution in [3.05, 3.63) is 72.9 Å². The number of unbranched alkanes of at least 4 members (excludes halogenated alkanes) is 38. The number of carbonyl (C=O) groups excluding carboxylic acids is 3. The predicted molar refractivity (Wildman–Crippen MR) is 335 cm³/mol. The van der Waals surface area contributed by atoms with E-state index >= 15 is 0 Å². The van der Waals surface area contributed by atoms with E-state index in [9.17, 15) is 14.4 Å². The van der Waals surface area contributed by atoms with Gasteiger partial charge in [-0.3, -0.25) is 14.4 Å². The lowest BCUT2D eigenvalue weighted by molar-refractivity contribution is -0.167. The molecule has 0 heterocycles. The van der Waals surface area contributed by atoms with Gasteiger partial charge in [-0.2, -0.15) is 0 Å². The SMILES string of the molecule is CC/C=C\C/C=C\C/C=C\C/C=C\C/C=C\C/C=C\CCCCCCCCCCC(=O)OCC(COC(=O)CCCCCCC)OC(=O)CCCCCCCCCCCCCCCCCCCCCCCCCCCCC. The Bertz CT molecular complexity index is 1420. The van der Waals surface area contributed by atoms with Crippen molar-refractivity contribution in [2.75, 3.05) is 13.2 Å². The first-order chi connectivity index (χ1) is 38.0.